The van der Waals surface area contributed by atoms with Gasteiger partial charge in [-0.25, -0.2) is 9.97 Å². The van der Waals surface area contributed by atoms with Crippen LogP contribution in [0, 0.1) is 6.92 Å². The van der Waals surface area contributed by atoms with Crippen LogP contribution in [-0.4, -0.2) is 30.0 Å². The molecule has 0 aliphatic rings. The van der Waals surface area contributed by atoms with Gasteiger partial charge in [0, 0.05) is 31.4 Å². The Morgan fingerprint density at radius 1 is 1.08 bits per heavy atom. The number of aromatic nitrogens is 2. The van der Waals surface area contributed by atoms with E-state index in [2.05, 4.69) is 15.3 Å². The maximum atomic E-state index is 12.6. The fraction of sp³-hybridized carbons (Fsp3) is 0.211. The lowest BCUT2D eigenvalue weighted by Crippen LogP contribution is -2.25. The Hall–Kier alpha value is -2.95. The molecule has 0 aliphatic carbocycles. The number of carbonyl (C=O) groups is 1. The molecule has 1 aromatic heterocycles. The summed E-state index contributed by atoms with van der Waals surface area (Å²) >= 11 is 0. The number of anilines is 1. The molecule has 5 heteroatoms. The summed E-state index contributed by atoms with van der Waals surface area (Å²) in [6, 6.07) is 15.5. The first-order valence-corrected chi connectivity index (χ1v) is 7.82. The number of carbonyl (C=O) groups excluding carboxylic acids is 1. The monoisotopic (exact) mass is 320 g/mol. The minimum absolute atomic E-state index is 0.122. The number of fused-ring (bicyclic) bond motifs is 1. The topological polar surface area (TPSA) is 58.1 Å². The predicted octanol–water partition coefficient (Wildman–Crippen LogP) is 2.93. The van der Waals surface area contributed by atoms with Gasteiger partial charge in [0.25, 0.3) is 5.91 Å². The number of rotatable bonds is 4. The first-order chi connectivity index (χ1) is 11.5. The number of aryl methyl sites for hydroxylation is 1. The van der Waals surface area contributed by atoms with Crippen LogP contribution < -0.4 is 10.2 Å². The van der Waals surface area contributed by atoms with Crippen LogP contribution in [0.4, 0.5) is 5.82 Å². The molecule has 0 radical (unpaired) electrons. The molecule has 0 aliphatic heterocycles. The molecule has 1 N–H and O–H groups in total. The molecule has 0 fully saturated rings. The highest BCUT2D eigenvalue weighted by Crippen LogP contribution is 2.18. The van der Waals surface area contributed by atoms with Crippen LogP contribution in [0.5, 0.6) is 0 Å². The van der Waals surface area contributed by atoms with Gasteiger partial charge >= 0.3 is 0 Å². The molecule has 3 aromatic rings. The van der Waals surface area contributed by atoms with E-state index < -0.39 is 0 Å². The summed E-state index contributed by atoms with van der Waals surface area (Å²) < 4.78 is 0. The van der Waals surface area contributed by atoms with Gasteiger partial charge in [0.2, 0.25) is 0 Å². The van der Waals surface area contributed by atoms with Crippen molar-refractivity contribution in [2.75, 3.05) is 19.0 Å². The van der Waals surface area contributed by atoms with Gasteiger partial charge in [-0.05, 0) is 23.8 Å². The number of nitrogens with one attached hydrogen (secondary N) is 1. The molecule has 0 saturated carbocycles. The molecule has 2 aromatic carbocycles. The van der Waals surface area contributed by atoms with E-state index in [0.717, 1.165) is 22.3 Å². The molecule has 0 spiro atoms. The van der Waals surface area contributed by atoms with Gasteiger partial charge in [0.05, 0.1) is 6.54 Å². The number of nitrogens with zero attached hydrogens (tertiary/aromatic N) is 3. The zero-order valence-electron chi connectivity index (χ0n) is 14.1. The quantitative estimate of drug-likeness (QED) is 0.803. The van der Waals surface area contributed by atoms with Gasteiger partial charge in [-0.2, -0.15) is 0 Å². The summed E-state index contributed by atoms with van der Waals surface area (Å²) in [5.74, 6) is 1.31. The van der Waals surface area contributed by atoms with E-state index in [1.165, 1.54) is 0 Å². The lowest BCUT2D eigenvalue weighted by molar-refractivity contribution is 0.0951. The predicted molar refractivity (Wildman–Crippen MR) is 96.2 cm³/mol. The van der Waals surface area contributed by atoms with E-state index in [-0.39, 0.29) is 5.91 Å². The highest BCUT2D eigenvalue weighted by atomic mass is 16.1. The molecule has 1 heterocycles. The van der Waals surface area contributed by atoms with Crippen LogP contribution in [0.15, 0.2) is 48.5 Å². The zero-order chi connectivity index (χ0) is 17.1. The largest absolute Gasteiger partial charge is 0.363 e. The summed E-state index contributed by atoms with van der Waals surface area (Å²) in [4.78, 5) is 23.3. The Balaban J connectivity index is 1.80. The van der Waals surface area contributed by atoms with E-state index in [0.29, 0.717) is 17.9 Å². The standard InChI is InChI=1S/C19H20N4O/c1-13-11-18(23(2)3)22-17(21-13)12-20-19(24)16-10-6-8-14-7-4-5-9-15(14)16/h4-11H,12H2,1-3H3,(H,20,24). The second-order valence-corrected chi connectivity index (χ2v) is 5.89. The fourth-order valence-electron chi connectivity index (χ4n) is 2.60. The van der Waals surface area contributed by atoms with Crippen molar-refractivity contribution in [2.24, 2.45) is 0 Å². The molecule has 0 bridgehead atoms. The normalized spacial score (nSPS) is 10.6. The van der Waals surface area contributed by atoms with Crippen molar-refractivity contribution < 1.29 is 4.79 Å². The molecule has 5 nitrogen and oxygen atoms in total. The SMILES string of the molecule is Cc1cc(N(C)C)nc(CNC(=O)c2cccc3ccccc23)n1. The average molecular weight is 320 g/mol. The van der Waals surface area contributed by atoms with Gasteiger partial charge < -0.3 is 10.2 Å². The van der Waals surface area contributed by atoms with Crippen LogP contribution in [0.3, 0.4) is 0 Å². The van der Waals surface area contributed by atoms with Gasteiger partial charge in [0.15, 0.2) is 0 Å². The van der Waals surface area contributed by atoms with Crippen molar-refractivity contribution in [3.63, 3.8) is 0 Å². The number of hydrogen-bond acceptors (Lipinski definition) is 4. The molecule has 0 atom stereocenters. The Labute approximate surface area is 141 Å². The average Bonchev–Trinajstić information content (AvgIpc) is 2.58. The zero-order valence-corrected chi connectivity index (χ0v) is 14.1. The molecular formula is C19H20N4O. The van der Waals surface area contributed by atoms with Crippen LogP contribution in [-0.2, 0) is 6.54 Å². The maximum absolute atomic E-state index is 12.6. The van der Waals surface area contributed by atoms with Gasteiger partial charge in [-0.15, -0.1) is 0 Å². The third-order valence-corrected chi connectivity index (χ3v) is 3.79. The van der Waals surface area contributed by atoms with Crippen molar-refractivity contribution >= 4 is 22.5 Å². The van der Waals surface area contributed by atoms with Gasteiger partial charge in [0.1, 0.15) is 11.6 Å². The van der Waals surface area contributed by atoms with Crippen molar-refractivity contribution in [3.05, 3.63) is 65.6 Å². The summed E-state index contributed by atoms with van der Waals surface area (Å²) in [6.45, 7) is 2.22. The van der Waals surface area contributed by atoms with Gasteiger partial charge in [-0.3, -0.25) is 4.79 Å². The molecule has 3 rings (SSSR count). The Morgan fingerprint density at radius 3 is 2.62 bits per heavy atom. The number of hydrogen-bond donors (Lipinski definition) is 1. The van der Waals surface area contributed by atoms with Crippen LogP contribution in [0.25, 0.3) is 10.8 Å². The van der Waals surface area contributed by atoms with Crippen molar-refractivity contribution in [2.45, 2.75) is 13.5 Å². The number of benzene rings is 2. The summed E-state index contributed by atoms with van der Waals surface area (Å²) in [5, 5.41) is 4.91. The summed E-state index contributed by atoms with van der Waals surface area (Å²) in [5.41, 5.74) is 1.54. The minimum atomic E-state index is -0.122. The van der Waals surface area contributed by atoms with E-state index in [9.17, 15) is 4.79 Å². The van der Waals surface area contributed by atoms with Gasteiger partial charge in [-0.1, -0.05) is 36.4 Å². The molecule has 0 saturated heterocycles. The highest BCUT2D eigenvalue weighted by Gasteiger charge is 2.11. The molecular weight excluding hydrogens is 300 g/mol. The van der Waals surface area contributed by atoms with Crippen molar-refractivity contribution in [1.82, 2.24) is 15.3 Å². The van der Waals surface area contributed by atoms with Crippen LogP contribution in [0.1, 0.15) is 21.9 Å². The van der Waals surface area contributed by atoms with Crippen LogP contribution >= 0.6 is 0 Å². The summed E-state index contributed by atoms with van der Waals surface area (Å²) in [7, 11) is 3.86. The smallest absolute Gasteiger partial charge is 0.252 e. The first-order valence-electron chi connectivity index (χ1n) is 7.82. The van der Waals surface area contributed by atoms with E-state index >= 15 is 0 Å². The molecule has 122 valence electrons. The third-order valence-electron chi connectivity index (χ3n) is 3.79. The van der Waals surface area contributed by atoms with E-state index in [1.807, 2.05) is 74.4 Å². The van der Waals surface area contributed by atoms with E-state index in [1.54, 1.807) is 0 Å². The second-order valence-electron chi connectivity index (χ2n) is 5.89. The minimum Gasteiger partial charge on any atom is -0.363 e. The Bertz CT molecular complexity index is 884. The number of amides is 1. The van der Waals surface area contributed by atoms with E-state index in [4.69, 9.17) is 0 Å². The fourth-order valence-corrected chi connectivity index (χ4v) is 2.60. The first kappa shape index (κ1) is 15.9. The maximum Gasteiger partial charge on any atom is 0.252 e. The van der Waals surface area contributed by atoms with Crippen molar-refractivity contribution in [1.29, 1.82) is 0 Å². The van der Waals surface area contributed by atoms with Crippen LogP contribution in [0.2, 0.25) is 0 Å². The molecule has 1 amide bonds. The highest BCUT2D eigenvalue weighted by molar-refractivity contribution is 6.06. The lowest BCUT2D eigenvalue weighted by atomic mass is 10.0. The Kier molecular flexibility index (Phi) is 4.42. The molecule has 24 heavy (non-hydrogen) atoms. The second kappa shape index (κ2) is 6.66. The molecule has 0 unspecified atom stereocenters. The third kappa shape index (κ3) is 3.35. The summed E-state index contributed by atoms with van der Waals surface area (Å²) in [6.07, 6.45) is 0. The van der Waals surface area contributed by atoms with Crippen molar-refractivity contribution in [3.8, 4) is 0 Å². The Morgan fingerprint density at radius 2 is 1.83 bits per heavy atom. The lowest BCUT2D eigenvalue weighted by Gasteiger charge is -2.13.